The molecule has 0 radical (unpaired) electrons. The smallest absolute Gasteiger partial charge is 0.314 e. The molecule has 10 heteroatoms. The van der Waals surface area contributed by atoms with Crippen LogP contribution in [0.4, 0.5) is 4.79 Å². The Kier molecular flexibility index (Phi) is 12.8. The zero-order valence-electron chi connectivity index (χ0n) is 9.12. The van der Waals surface area contributed by atoms with Crippen LogP contribution in [0.2, 0.25) is 0 Å². The normalized spacial score (nSPS) is 8.94. The third-order valence-electron chi connectivity index (χ3n) is 1.29. The zero-order chi connectivity index (χ0) is 12.4. The molecule has 0 aromatic carbocycles. The lowest BCUT2D eigenvalue weighted by molar-refractivity contribution is 0.242. The molecule has 0 aromatic heterocycles. The predicted molar refractivity (Wildman–Crippen MR) is 77.4 cm³/mol. The summed E-state index contributed by atoms with van der Waals surface area (Å²) in [6.07, 6.45) is 0. The Hall–Kier alpha value is -0.800. The van der Waals surface area contributed by atoms with Crippen molar-refractivity contribution in [2.24, 2.45) is 11.5 Å². The van der Waals surface area contributed by atoms with Crippen LogP contribution in [-0.4, -0.2) is 41.0 Å². The molecular formula is C7H17ClN6OS2. The van der Waals surface area contributed by atoms with Gasteiger partial charge in [-0.05, 0) is 0 Å². The average Bonchev–Trinajstić information content (AvgIpc) is 2.19. The molecule has 100 valence electrons. The molecule has 0 saturated heterocycles. The molecule has 0 aromatic rings. The summed E-state index contributed by atoms with van der Waals surface area (Å²) < 4.78 is 0. The maximum Gasteiger partial charge on any atom is 0.314 e. The van der Waals surface area contributed by atoms with Crippen LogP contribution in [0.1, 0.15) is 0 Å². The molecule has 0 aliphatic rings. The minimum Gasteiger partial charge on any atom is -0.379 e. The Morgan fingerprint density at radius 3 is 1.65 bits per heavy atom. The van der Waals surface area contributed by atoms with Gasteiger partial charge in [-0.25, -0.2) is 4.79 Å². The van der Waals surface area contributed by atoms with E-state index < -0.39 is 0 Å². The average molecular weight is 301 g/mol. The summed E-state index contributed by atoms with van der Waals surface area (Å²) in [5, 5.41) is 19.2. The lowest BCUT2D eigenvalue weighted by Gasteiger charge is -2.06. The van der Waals surface area contributed by atoms with Crippen molar-refractivity contribution in [1.82, 2.24) is 10.6 Å². The third kappa shape index (κ3) is 15.2. The van der Waals surface area contributed by atoms with E-state index in [1.165, 1.54) is 23.5 Å². The number of nitrogens with two attached hydrogens (primary N) is 2. The number of hydrogen-bond donors (Lipinski definition) is 6. The van der Waals surface area contributed by atoms with Gasteiger partial charge in [0.1, 0.15) is 0 Å². The molecule has 0 bridgehead atoms. The Morgan fingerprint density at radius 2 is 1.35 bits per heavy atom. The van der Waals surface area contributed by atoms with Crippen LogP contribution in [0, 0.1) is 10.8 Å². The molecule has 0 saturated carbocycles. The van der Waals surface area contributed by atoms with E-state index in [9.17, 15) is 4.79 Å². The SMILES string of the molecule is Cl.N=C(N)SCCNC(=O)NCCSC(=N)N. The minimum atomic E-state index is -0.270. The number of thioether (sulfide) groups is 2. The molecule has 0 atom stereocenters. The summed E-state index contributed by atoms with van der Waals surface area (Å²) in [4.78, 5) is 11.1. The number of hydrogen-bond acceptors (Lipinski definition) is 5. The highest BCUT2D eigenvalue weighted by Gasteiger charge is 1.99. The van der Waals surface area contributed by atoms with E-state index in [4.69, 9.17) is 22.3 Å². The van der Waals surface area contributed by atoms with Gasteiger partial charge in [-0.2, -0.15) is 0 Å². The van der Waals surface area contributed by atoms with Gasteiger partial charge in [-0.3, -0.25) is 10.8 Å². The first-order valence-corrected chi connectivity index (χ1v) is 6.45. The number of carbonyl (C=O) groups is 1. The Balaban J connectivity index is 0. The summed E-state index contributed by atoms with van der Waals surface area (Å²) in [5.74, 6) is 1.15. The van der Waals surface area contributed by atoms with Crippen LogP contribution in [0.3, 0.4) is 0 Å². The van der Waals surface area contributed by atoms with E-state index in [0.717, 1.165) is 0 Å². The Morgan fingerprint density at radius 1 is 1.00 bits per heavy atom. The number of carbonyl (C=O) groups excluding carboxylic acids is 1. The van der Waals surface area contributed by atoms with Crippen LogP contribution in [-0.2, 0) is 0 Å². The van der Waals surface area contributed by atoms with E-state index in [0.29, 0.717) is 24.6 Å². The highest BCUT2D eigenvalue weighted by molar-refractivity contribution is 8.13. The van der Waals surface area contributed by atoms with Crippen molar-refractivity contribution < 1.29 is 4.79 Å². The summed E-state index contributed by atoms with van der Waals surface area (Å²) in [5.41, 5.74) is 10.2. The van der Waals surface area contributed by atoms with Gasteiger partial charge in [0.05, 0.1) is 0 Å². The van der Waals surface area contributed by atoms with E-state index >= 15 is 0 Å². The summed E-state index contributed by atoms with van der Waals surface area (Å²) in [6.45, 7) is 0.909. The second-order valence-electron chi connectivity index (χ2n) is 2.61. The molecule has 8 N–H and O–H groups in total. The second kappa shape index (κ2) is 11.7. The zero-order valence-corrected chi connectivity index (χ0v) is 11.6. The van der Waals surface area contributed by atoms with Crippen molar-refractivity contribution in [3.05, 3.63) is 0 Å². The van der Waals surface area contributed by atoms with Gasteiger partial charge in [0.25, 0.3) is 0 Å². The summed E-state index contributed by atoms with van der Waals surface area (Å²) in [7, 11) is 0. The number of rotatable bonds is 6. The number of halogens is 1. The first kappa shape index (κ1) is 18.6. The maximum atomic E-state index is 11.1. The van der Waals surface area contributed by atoms with Gasteiger partial charge < -0.3 is 22.1 Å². The van der Waals surface area contributed by atoms with E-state index in [1.807, 2.05) is 0 Å². The summed E-state index contributed by atoms with van der Waals surface area (Å²) in [6, 6.07) is -0.270. The van der Waals surface area contributed by atoms with Crippen molar-refractivity contribution in [3.63, 3.8) is 0 Å². The first-order valence-electron chi connectivity index (χ1n) is 4.47. The predicted octanol–water partition coefficient (Wildman–Crippen LogP) is -0.0393. The van der Waals surface area contributed by atoms with Crippen LogP contribution in [0.5, 0.6) is 0 Å². The van der Waals surface area contributed by atoms with Gasteiger partial charge in [-0.1, -0.05) is 23.5 Å². The molecule has 17 heavy (non-hydrogen) atoms. The Labute approximate surface area is 115 Å². The lowest BCUT2D eigenvalue weighted by atomic mass is 10.7. The molecule has 0 fully saturated rings. The molecule has 0 rings (SSSR count). The maximum absolute atomic E-state index is 11.1. The fourth-order valence-electron chi connectivity index (χ4n) is 0.714. The van der Waals surface area contributed by atoms with E-state index in [1.54, 1.807) is 0 Å². The number of nitrogens with one attached hydrogen (secondary N) is 4. The first-order chi connectivity index (χ1) is 7.52. The highest BCUT2D eigenvalue weighted by atomic mass is 35.5. The minimum absolute atomic E-state index is 0. The molecule has 0 heterocycles. The highest BCUT2D eigenvalue weighted by Crippen LogP contribution is 1.95. The second-order valence-corrected chi connectivity index (χ2v) is 4.88. The fraction of sp³-hybridized carbons (Fsp3) is 0.571. The quantitative estimate of drug-likeness (QED) is 0.232. The summed E-state index contributed by atoms with van der Waals surface area (Å²) >= 11 is 2.35. The standard InChI is InChI=1S/C7H16N6OS2.ClH/c8-5(9)15-3-1-12-7(14)13-2-4-16-6(10)11;/h1-4H2,(H3,8,9)(H3,10,11)(H2,12,13,14);1H. The van der Waals surface area contributed by atoms with Crippen molar-refractivity contribution >= 4 is 52.3 Å². The molecule has 7 nitrogen and oxygen atoms in total. The molecule has 2 amide bonds. The van der Waals surface area contributed by atoms with Crippen LogP contribution >= 0.6 is 35.9 Å². The fourth-order valence-corrected chi connectivity index (χ4v) is 1.56. The van der Waals surface area contributed by atoms with Crippen molar-refractivity contribution in [1.29, 1.82) is 10.8 Å². The topological polar surface area (TPSA) is 141 Å². The number of amides is 2. The molecule has 0 aliphatic carbocycles. The van der Waals surface area contributed by atoms with E-state index in [-0.39, 0.29) is 28.8 Å². The number of urea groups is 1. The molecule has 0 aliphatic heterocycles. The molecule has 0 unspecified atom stereocenters. The van der Waals surface area contributed by atoms with Gasteiger partial charge in [0.2, 0.25) is 0 Å². The van der Waals surface area contributed by atoms with Gasteiger partial charge in [0, 0.05) is 24.6 Å². The molecule has 0 spiro atoms. The lowest BCUT2D eigenvalue weighted by Crippen LogP contribution is -2.38. The third-order valence-corrected chi connectivity index (χ3v) is 2.73. The van der Waals surface area contributed by atoms with Crippen molar-refractivity contribution in [3.8, 4) is 0 Å². The largest absolute Gasteiger partial charge is 0.379 e. The van der Waals surface area contributed by atoms with Crippen LogP contribution in [0.25, 0.3) is 0 Å². The van der Waals surface area contributed by atoms with Crippen molar-refractivity contribution in [2.45, 2.75) is 0 Å². The van der Waals surface area contributed by atoms with Crippen LogP contribution in [0.15, 0.2) is 0 Å². The van der Waals surface area contributed by atoms with Crippen LogP contribution < -0.4 is 22.1 Å². The monoisotopic (exact) mass is 300 g/mol. The molecular weight excluding hydrogens is 284 g/mol. The van der Waals surface area contributed by atoms with Gasteiger partial charge in [0.15, 0.2) is 10.3 Å². The van der Waals surface area contributed by atoms with Crippen molar-refractivity contribution in [2.75, 3.05) is 24.6 Å². The van der Waals surface area contributed by atoms with E-state index in [2.05, 4.69) is 10.6 Å². The van der Waals surface area contributed by atoms with Gasteiger partial charge in [-0.15, -0.1) is 12.4 Å². The Bertz CT molecular complexity index is 241. The van der Waals surface area contributed by atoms with Gasteiger partial charge >= 0.3 is 6.03 Å². The number of amidine groups is 2.